The van der Waals surface area contributed by atoms with E-state index in [1.165, 1.54) is 23.9 Å². The first-order chi connectivity index (χ1) is 23.3. The van der Waals surface area contributed by atoms with Gasteiger partial charge in [0.1, 0.15) is 11.8 Å². The molecule has 14 heteroatoms. The van der Waals surface area contributed by atoms with Gasteiger partial charge in [0.2, 0.25) is 11.9 Å². The molecule has 1 atom stereocenters. The highest BCUT2D eigenvalue weighted by molar-refractivity contribution is 9.11. The standard InChI is InChI=1S/C34H41Br2N9O3/c35-27-19-23(20-28(36)30(27)46)21-29(32(47)43-15-9-25(10-16-43)42-13-5-2-6-14-42)39-33(38-22-37)44-17-11-26(12-18-44)45-34(48)40-31(41-45)24-7-3-1-4-8-24/h1,3-4,7-8,19-20,25-26,29,46H,2,5-6,9-18,21H2,(H,38,39)(H,40,41,48)/t29-/m1/s1. The molecule has 4 heterocycles. The van der Waals surface area contributed by atoms with Gasteiger partial charge in [-0.3, -0.25) is 15.1 Å². The number of phenolic OH excluding ortho intramolecular Hbond substituents is 1. The number of carbonyl (C=O) groups excluding carboxylic acids is 1. The smallest absolute Gasteiger partial charge is 0.343 e. The summed E-state index contributed by atoms with van der Waals surface area (Å²) in [4.78, 5) is 41.3. The van der Waals surface area contributed by atoms with E-state index in [1.807, 2.05) is 46.3 Å². The number of aromatic hydroxyl groups is 1. The number of rotatable bonds is 7. The Morgan fingerprint density at radius 3 is 2.25 bits per heavy atom. The molecule has 0 radical (unpaired) electrons. The van der Waals surface area contributed by atoms with Gasteiger partial charge in [0.25, 0.3) is 0 Å². The molecule has 3 aromatic rings. The van der Waals surface area contributed by atoms with E-state index in [0.29, 0.717) is 72.2 Å². The van der Waals surface area contributed by atoms with E-state index in [-0.39, 0.29) is 23.4 Å². The Bertz CT molecular complexity index is 1680. The number of amides is 1. The van der Waals surface area contributed by atoms with E-state index in [9.17, 15) is 20.0 Å². The third-order valence-corrected chi connectivity index (χ3v) is 10.9. The molecule has 3 N–H and O–H groups in total. The lowest BCUT2D eigenvalue weighted by atomic mass is 9.98. The van der Waals surface area contributed by atoms with E-state index in [1.54, 1.807) is 12.1 Å². The molecule has 0 bridgehead atoms. The number of aromatic amines is 1. The highest BCUT2D eigenvalue weighted by atomic mass is 79.9. The van der Waals surface area contributed by atoms with Crippen LogP contribution in [0.4, 0.5) is 0 Å². The lowest BCUT2D eigenvalue weighted by Crippen LogP contribution is -2.51. The van der Waals surface area contributed by atoms with E-state index < -0.39 is 6.04 Å². The Morgan fingerprint density at radius 2 is 1.60 bits per heavy atom. The lowest BCUT2D eigenvalue weighted by molar-refractivity contribution is -0.134. The third-order valence-electron chi connectivity index (χ3n) is 9.72. The highest BCUT2D eigenvalue weighted by Crippen LogP contribution is 2.34. The molecule has 3 saturated heterocycles. The number of phenols is 1. The second kappa shape index (κ2) is 15.7. The minimum absolute atomic E-state index is 0.0731. The number of guanidine groups is 1. The molecule has 3 aliphatic rings. The number of aromatic nitrogens is 3. The van der Waals surface area contributed by atoms with Crippen molar-refractivity contribution in [3.8, 4) is 23.3 Å². The summed E-state index contributed by atoms with van der Waals surface area (Å²) in [7, 11) is 0. The quantitative estimate of drug-likeness (QED) is 0.136. The van der Waals surface area contributed by atoms with Gasteiger partial charge in [0.15, 0.2) is 12.0 Å². The van der Waals surface area contributed by atoms with Crippen LogP contribution in [0, 0.1) is 11.5 Å². The first kappa shape index (κ1) is 34.2. The molecule has 12 nitrogen and oxygen atoms in total. The topological polar surface area (TPSA) is 146 Å². The number of likely N-dealkylation sites (tertiary alicyclic amines) is 3. The summed E-state index contributed by atoms with van der Waals surface area (Å²) in [6.45, 7) is 4.67. The number of H-pyrrole nitrogens is 1. The van der Waals surface area contributed by atoms with Gasteiger partial charge in [-0.2, -0.15) is 5.26 Å². The molecule has 0 saturated carbocycles. The van der Waals surface area contributed by atoms with Crippen LogP contribution in [0.2, 0.25) is 0 Å². The molecule has 0 unspecified atom stereocenters. The molecule has 1 aromatic heterocycles. The Balaban J connectivity index is 1.19. The van der Waals surface area contributed by atoms with Crippen molar-refractivity contribution in [3.05, 3.63) is 67.5 Å². The van der Waals surface area contributed by atoms with Crippen LogP contribution in [0.3, 0.4) is 0 Å². The van der Waals surface area contributed by atoms with Crippen molar-refractivity contribution in [3.63, 3.8) is 0 Å². The van der Waals surface area contributed by atoms with Gasteiger partial charge in [-0.05, 0) is 101 Å². The molecule has 6 rings (SSSR count). The average molecular weight is 784 g/mol. The second-order valence-corrected chi connectivity index (χ2v) is 14.5. The molecule has 48 heavy (non-hydrogen) atoms. The van der Waals surface area contributed by atoms with Gasteiger partial charge < -0.3 is 19.8 Å². The van der Waals surface area contributed by atoms with Gasteiger partial charge in [-0.25, -0.2) is 14.5 Å². The summed E-state index contributed by atoms with van der Waals surface area (Å²) >= 11 is 6.83. The maximum absolute atomic E-state index is 14.2. The average Bonchev–Trinajstić information content (AvgIpc) is 3.52. The Labute approximate surface area is 297 Å². The zero-order valence-corrected chi connectivity index (χ0v) is 30.0. The van der Waals surface area contributed by atoms with Crippen LogP contribution in [-0.2, 0) is 11.2 Å². The van der Waals surface area contributed by atoms with Gasteiger partial charge >= 0.3 is 5.69 Å². The fourth-order valence-electron chi connectivity index (χ4n) is 7.12. The van der Waals surface area contributed by atoms with Crippen molar-refractivity contribution in [2.75, 3.05) is 39.3 Å². The van der Waals surface area contributed by atoms with E-state index >= 15 is 0 Å². The highest BCUT2D eigenvalue weighted by Gasteiger charge is 2.33. The molecule has 0 aliphatic carbocycles. The van der Waals surface area contributed by atoms with Gasteiger partial charge in [0, 0.05) is 44.2 Å². The van der Waals surface area contributed by atoms with Crippen molar-refractivity contribution in [2.24, 2.45) is 4.99 Å². The van der Waals surface area contributed by atoms with Crippen LogP contribution in [0.15, 0.2) is 61.2 Å². The summed E-state index contributed by atoms with van der Waals surface area (Å²) in [5.41, 5.74) is 1.41. The molecule has 1 amide bonds. The number of hydrogen-bond donors (Lipinski definition) is 3. The normalized spacial score (nSPS) is 19.2. The zero-order valence-electron chi connectivity index (χ0n) is 26.8. The molecule has 2 aromatic carbocycles. The second-order valence-electron chi connectivity index (χ2n) is 12.8. The molecular formula is C34H41Br2N9O3. The van der Waals surface area contributed by atoms with Crippen molar-refractivity contribution in [1.29, 1.82) is 5.26 Å². The minimum atomic E-state index is -0.782. The SMILES string of the molecule is N#CNC(=N[C@H](Cc1cc(Br)c(O)c(Br)c1)C(=O)N1CCC(N2CCCCC2)CC1)N1CCC(n2nc(-c3ccccc3)[nH]c2=O)CC1. The zero-order chi connectivity index (χ0) is 33.6. The van der Waals surface area contributed by atoms with Gasteiger partial charge in [-0.1, -0.05) is 36.8 Å². The lowest BCUT2D eigenvalue weighted by Gasteiger charge is -2.40. The van der Waals surface area contributed by atoms with Crippen LogP contribution >= 0.6 is 31.9 Å². The largest absolute Gasteiger partial charge is 0.506 e. The Morgan fingerprint density at radius 1 is 0.979 bits per heavy atom. The summed E-state index contributed by atoms with van der Waals surface area (Å²) in [5, 5.41) is 27.4. The number of carbonyl (C=O) groups is 1. The van der Waals surface area contributed by atoms with Crippen LogP contribution in [-0.4, -0.2) is 97.8 Å². The molecule has 3 aliphatic heterocycles. The number of aliphatic imine (C=N–C) groups is 1. The number of nitrogens with zero attached hydrogens (tertiary/aromatic N) is 7. The Kier molecular flexibility index (Phi) is 11.2. The van der Waals surface area contributed by atoms with Crippen LogP contribution in [0.1, 0.15) is 56.6 Å². The number of nitrogens with one attached hydrogen (secondary N) is 2. The molecule has 0 spiro atoms. The number of nitriles is 1. The van der Waals surface area contributed by atoms with Crippen molar-refractivity contribution < 1.29 is 9.90 Å². The fourth-order valence-corrected chi connectivity index (χ4v) is 8.40. The van der Waals surface area contributed by atoms with Crippen molar-refractivity contribution in [2.45, 2.75) is 69.5 Å². The molecule has 3 fully saturated rings. The van der Waals surface area contributed by atoms with Gasteiger partial charge in [0.05, 0.1) is 15.0 Å². The molecule has 254 valence electrons. The summed E-state index contributed by atoms with van der Waals surface area (Å²) in [6.07, 6.45) is 9.20. The number of benzene rings is 2. The first-order valence-electron chi connectivity index (χ1n) is 16.7. The minimum Gasteiger partial charge on any atom is -0.506 e. The monoisotopic (exact) mass is 781 g/mol. The summed E-state index contributed by atoms with van der Waals surface area (Å²) in [6, 6.07) is 12.8. The van der Waals surface area contributed by atoms with Crippen LogP contribution in [0.5, 0.6) is 5.75 Å². The number of piperidine rings is 3. The summed E-state index contributed by atoms with van der Waals surface area (Å²) in [5.74, 6) is 0.890. The predicted molar refractivity (Wildman–Crippen MR) is 190 cm³/mol. The summed E-state index contributed by atoms with van der Waals surface area (Å²) < 4.78 is 2.56. The van der Waals surface area contributed by atoms with Crippen molar-refractivity contribution in [1.82, 2.24) is 34.8 Å². The van der Waals surface area contributed by atoms with Crippen LogP contribution < -0.4 is 11.0 Å². The fraction of sp³-hybridized carbons (Fsp3) is 0.500. The van der Waals surface area contributed by atoms with E-state index in [2.05, 4.69) is 52.2 Å². The van der Waals surface area contributed by atoms with E-state index in [0.717, 1.165) is 37.1 Å². The third kappa shape index (κ3) is 7.96. The number of hydrogen-bond acceptors (Lipinski definition) is 7. The molecular weight excluding hydrogens is 742 g/mol. The van der Waals surface area contributed by atoms with E-state index in [4.69, 9.17) is 4.99 Å². The maximum Gasteiger partial charge on any atom is 0.343 e. The Hall–Kier alpha value is -3.67. The maximum atomic E-state index is 14.2. The predicted octanol–water partition coefficient (Wildman–Crippen LogP) is 4.62. The number of halogens is 2. The first-order valence-corrected chi connectivity index (χ1v) is 18.3. The van der Waals surface area contributed by atoms with Gasteiger partial charge in [-0.15, -0.1) is 5.10 Å². The van der Waals surface area contributed by atoms with Crippen LogP contribution in [0.25, 0.3) is 11.4 Å². The van der Waals surface area contributed by atoms with Crippen molar-refractivity contribution >= 4 is 43.7 Å².